The van der Waals surface area contributed by atoms with Crippen molar-refractivity contribution in [2.75, 3.05) is 6.61 Å². The van der Waals surface area contributed by atoms with Crippen LogP contribution in [-0.4, -0.2) is 29.8 Å². The van der Waals surface area contributed by atoms with Crippen LogP contribution >= 0.6 is 0 Å². The molecule has 0 heterocycles. The number of esters is 1. The number of hydrogen-bond acceptors (Lipinski definition) is 4. The minimum atomic E-state index is -0.767. The third kappa shape index (κ3) is 29.6. The summed E-state index contributed by atoms with van der Waals surface area (Å²) in [6.07, 6.45) is 41.0. The molecular formula is C36H67NO3. The van der Waals surface area contributed by atoms with Gasteiger partial charge in [0.05, 0.1) is 12.1 Å². The molecule has 0 saturated carbocycles. The first-order chi connectivity index (χ1) is 19.6. The molecule has 2 unspecified atom stereocenters. The minimum Gasteiger partial charge on any atom is -0.464 e. The number of allylic oxidation sites excluding steroid dienone is 5. The normalized spacial score (nSPS) is 13.6. The van der Waals surface area contributed by atoms with Gasteiger partial charge in [-0.05, 0) is 51.4 Å². The Hall–Kier alpha value is -1.39. The second-order valence-electron chi connectivity index (χ2n) is 11.6. The van der Waals surface area contributed by atoms with E-state index in [-0.39, 0.29) is 12.6 Å². The number of rotatable bonds is 30. The molecule has 234 valence electrons. The van der Waals surface area contributed by atoms with E-state index in [4.69, 9.17) is 10.5 Å². The van der Waals surface area contributed by atoms with Gasteiger partial charge in [-0.3, -0.25) is 4.79 Å². The van der Waals surface area contributed by atoms with Crippen LogP contribution in [0, 0.1) is 0 Å². The summed E-state index contributed by atoms with van der Waals surface area (Å²) in [6, 6.07) is -0.567. The zero-order chi connectivity index (χ0) is 29.4. The summed E-state index contributed by atoms with van der Waals surface area (Å²) in [6.45, 7) is 4.58. The summed E-state index contributed by atoms with van der Waals surface area (Å²) in [7, 11) is 0. The van der Waals surface area contributed by atoms with Crippen LogP contribution in [0.25, 0.3) is 0 Å². The van der Waals surface area contributed by atoms with Crippen molar-refractivity contribution in [3.05, 3.63) is 36.5 Å². The number of unbranched alkanes of at least 4 members (excludes halogenated alkanes) is 19. The molecule has 0 aromatic rings. The number of aliphatic hydroxyl groups is 1. The van der Waals surface area contributed by atoms with Crippen LogP contribution < -0.4 is 5.73 Å². The standard InChI is InChI=1S/C36H67NO3/c1-3-5-7-9-11-13-15-17-18-20-22-24-26-28-30-32-36(39)40-33-34(37)35(38)31-29-27-25-23-21-19-16-14-12-10-8-6-4-2/h11,13,17-18,29,31,34-35,38H,3-10,12,14-16,19-28,30,32-33,37H2,1-2H3. The Morgan fingerprint density at radius 2 is 1.05 bits per heavy atom. The topological polar surface area (TPSA) is 72.5 Å². The van der Waals surface area contributed by atoms with Gasteiger partial charge in [-0.1, -0.05) is 147 Å². The highest BCUT2D eigenvalue weighted by Gasteiger charge is 2.14. The van der Waals surface area contributed by atoms with Gasteiger partial charge in [-0.2, -0.15) is 0 Å². The van der Waals surface area contributed by atoms with Gasteiger partial charge in [0.1, 0.15) is 6.61 Å². The highest BCUT2D eigenvalue weighted by Crippen LogP contribution is 2.12. The highest BCUT2D eigenvalue weighted by atomic mass is 16.5. The Balaban J connectivity index is 3.55. The molecule has 0 bridgehead atoms. The molecule has 4 nitrogen and oxygen atoms in total. The van der Waals surface area contributed by atoms with E-state index in [1.807, 2.05) is 6.08 Å². The number of carbonyl (C=O) groups excluding carboxylic acids is 1. The third-order valence-corrected chi connectivity index (χ3v) is 7.51. The zero-order valence-corrected chi connectivity index (χ0v) is 26.6. The second-order valence-corrected chi connectivity index (χ2v) is 11.6. The Labute approximate surface area is 249 Å². The summed E-state index contributed by atoms with van der Waals surface area (Å²) >= 11 is 0. The van der Waals surface area contributed by atoms with Gasteiger partial charge >= 0.3 is 5.97 Å². The number of aliphatic hydroxyl groups excluding tert-OH is 1. The van der Waals surface area contributed by atoms with Gasteiger partial charge in [-0.15, -0.1) is 0 Å². The van der Waals surface area contributed by atoms with Crippen molar-refractivity contribution in [3.63, 3.8) is 0 Å². The molecule has 0 amide bonds. The summed E-state index contributed by atoms with van der Waals surface area (Å²) in [5, 5.41) is 10.2. The highest BCUT2D eigenvalue weighted by molar-refractivity contribution is 5.69. The number of nitrogens with two attached hydrogens (primary N) is 1. The van der Waals surface area contributed by atoms with Crippen LogP contribution in [0.15, 0.2) is 36.5 Å². The van der Waals surface area contributed by atoms with Crippen LogP contribution in [0.2, 0.25) is 0 Å². The van der Waals surface area contributed by atoms with E-state index in [0.29, 0.717) is 6.42 Å². The Morgan fingerprint density at radius 3 is 1.60 bits per heavy atom. The van der Waals surface area contributed by atoms with Crippen molar-refractivity contribution in [2.24, 2.45) is 5.73 Å². The summed E-state index contributed by atoms with van der Waals surface area (Å²) in [5.41, 5.74) is 6.01. The number of ether oxygens (including phenoxy) is 1. The monoisotopic (exact) mass is 562 g/mol. The van der Waals surface area contributed by atoms with Gasteiger partial charge in [0.25, 0.3) is 0 Å². The average molecular weight is 562 g/mol. The number of hydrogen-bond donors (Lipinski definition) is 2. The fourth-order valence-electron chi connectivity index (χ4n) is 4.75. The predicted molar refractivity (Wildman–Crippen MR) is 175 cm³/mol. The lowest BCUT2D eigenvalue weighted by molar-refractivity contribution is -0.144. The maximum atomic E-state index is 12.0. The van der Waals surface area contributed by atoms with Crippen LogP contribution in [0.4, 0.5) is 0 Å². The Bertz CT molecular complexity index is 613. The van der Waals surface area contributed by atoms with Gasteiger partial charge in [0, 0.05) is 6.42 Å². The molecule has 0 aromatic heterocycles. The molecule has 0 fully saturated rings. The molecule has 40 heavy (non-hydrogen) atoms. The average Bonchev–Trinajstić information content (AvgIpc) is 2.96. The molecule has 0 aromatic carbocycles. The largest absolute Gasteiger partial charge is 0.464 e. The van der Waals surface area contributed by atoms with Crippen molar-refractivity contribution >= 4 is 5.97 Å². The molecule has 0 saturated heterocycles. The smallest absolute Gasteiger partial charge is 0.305 e. The van der Waals surface area contributed by atoms with Crippen LogP contribution in [0.1, 0.15) is 168 Å². The first-order valence-corrected chi connectivity index (χ1v) is 17.2. The molecule has 3 N–H and O–H groups in total. The first kappa shape index (κ1) is 38.6. The molecule has 0 spiro atoms. The lowest BCUT2D eigenvalue weighted by Crippen LogP contribution is -2.38. The van der Waals surface area contributed by atoms with E-state index in [9.17, 15) is 9.90 Å². The van der Waals surface area contributed by atoms with Gasteiger partial charge in [0.15, 0.2) is 0 Å². The molecule has 0 aliphatic carbocycles. The first-order valence-electron chi connectivity index (χ1n) is 17.2. The second kappa shape index (κ2) is 32.1. The zero-order valence-electron chi connectivity index (χ0n) is 26.6. The van der Waals surface area contributed by atoms with Crippen LogP contribution in [0.5, 0.6) is 0 Å². The van der Waals surface area contributed by atoms with E-state index in [1.54, 1.807) is 6.08 Å². The van der Waals surface area contributed by atoms with Gasteiger partial charge in [-0.25, -0.2) is 0 Å². The van der Waals surface area contributed by atoms with E-state index in [1.165, 1.54) is 103 Å². The summed E-state index contributed by atoms with van der Waals surface area (Å²) < 4.78 is 5.29. The van der Waals surface area contributed by atoms with Crippen LogP contribution in [0.3, 0.4) is 0 Å². The van der Waals surface area contributed by atoms with E-state index in [2.05, 4.69) is 38.2 Å². The number of carbonyl (C=O) groups is 1. The quantitative estimate of drug-likeness (QED) is 0.0520. The molecular weight excluding hydrogens is 494 g/mol. The molecule has 0 rings (SSSR count). The summed E-state index contributed by atoms with van der Waals surface area (Å²) in [5.74, 6) is -0.210. The van der Waals surface area contributed by atoms with E-state index in [0.717, 1.165) is 44.9 Å². The fourth-order valence-corrected chi connectivity index (χ4v) is 4.75. The summed E-state index contributed by atoms with van der Waals surface area (Å²) in [4.78, 5) is 12.0. The Morgan fingerprint density at radius 1 is 0.625 bits per heavy atom. The maximum absolute atomic E-state index is 12.0. The third-order valence-electron chi connectivity index (χ3n) is 7.51. The molecule has 4 heteroatoms. The van der Waals surface area contributed by atoms with Crippen molar-refractivity contribution in [3.8, 4) is 0 Å². The van der Waals surface area contributed by atoms with Crippen molar-refractivity contribution in [1.82, 2.24) is 0 Å². The lowest BCUT2D eigenvalue weighted by atomic mass is 10.0. The predicted octanol–water partition coefficient (Wildman–Crippen LogP) is 10.3. The molecule has 0 radical (unpaired) electrons. The lowest BCUT2D eigenvalue weighted by Gasteiger charge is -2.15. The molecule has 0 aliphatic heterocycles. The van der Waals surface area contributed by atoms with Gasteiger partial charge in [0.2, 0.25) is 0 Å². The maximum Gasteiger partial charge on any atom is 0.305 e. The van der Waals surface area contributed by atoms with E-state index < -0.39 is 12.1 Å². The SMILES string of the molecule is CCCCCC=CCC=CCCCCCCCC(=O)OCC(N)C(O)C=CCCCCCCCCCCCCC. The molecule has 0 aliphatic rings. The van der Waals surface area contributed by atoms with Crippen LogP contribution in [-0.2, 0) is 9.53 Å². The Kier molecular flexibility index (Phi) is 31.0. The van der Waals surface area contributed by atoms with Crippen molar-refractivity contribution in [2.45, 2.75) is 180 Å². The van der Waals surface area contributed by atoms with E-state index >= 15 is 0 Å². The van der Waals surface area contributed by atoms with Crippen molar-refractivity contribution in [1.29, 1.82) is 0 Å². The minimum absolute atomic E-state index is 0.0725. The molecule has 2 atom stereocenters. The fraction of sp³-hybridized carbons (Fsp3) is 0.806. The van der Waals surface area contributed by atoms with Crippen molar-refractivity contribution < 1.29 is 14.6 Å². The van der Waals surface area contributed by atoms with Gasteiger partial charge < -0.3 is 15.6 Å².